The normalized spacial score (nSPS) is 11.3. The van der Waals surface area contributed by atoms with Crippen molar-refractivity contribution in [1.82, 2.24) is 29.3 Å². The standard InChI is InChI=1S/C30H20N6/c1-3-11-26-24(9-1)25-10-2-4-12-27(25)35(26)23-16-14-21(15-17-23)29-33-34-30(22-8-7-18-31-20-22)36(29)28-13-5-6-19-32-28/h1-20H. The largest absolute Gasteiger partial charge is 0.309 e. The molecule has 0 spiro atoms. The van der Waals surface area contributed by atoms with Gasteiger partial charge in [-0.3, -0.25) is 9.55 Å². The molecule has 0 atom stereocenters. The summed E-state index contributed by atoms with van der Waals surface area (Å²) in [6, 6.07) is 35.2. The van der Waals surface area contributed by atoms with E-state index in [0.29, 0.717) is 5.82 Å². The zero-order valence-corrected chi connectivity index (χ0v) is 19.2. The number of rotatable bonds is 4. The van der Waals surface area contributed by atoms with Crippen molar-refractivity contribution in [3.8, 4) is 34.3 Å². The SMILES string of the molecule is c1ccc(-n2c(-c3ccc(-n4c5ccccc5c5ccccc54)cc3)nnc2-c2cccnc2)nc1. The molecule has 0 aliphatic heterocycles. The lowest BCUT2D eigenvalue weighted by molar-refractivity contribution is 1.00. The van der Waals surface area contributed by atoms with Crippen LogP contribution in [0.1, 0.15) is 0 Å². The van der Waals surface area contributed by atoms with Gasteiger partial charge in [0.1, 0.15) is 5.82 Å². The van der Waals surface area contributed by atoms with Gasteiger partial charge in [-0.25, -0.2) is 4.98 Å². The van der Waals surface area contributed by atoms with Crippen LogP contribution in [0.4, 0.5) is 0 Å². The second kappa shape index (κ2) is 8.29. The Labute approximate surface area is 207 Å². The van der Waals surface area contributed by atoms with Gasteiger partial charge < -0.3 is 4.57 Å². The highest BCUT2D eigenvalue weighted by Crippen LogP contribution is 2.33. The van der Waals surface area contributed by atoms with Gasteiger partial charge in [-0.15, -0.1) is 10.2 Å². The first kappa shape index (κ1) is 20.3. The first-order chi connectivity index (χ1) is 17.9. The smallest absolute Gasteiger partial charge is 0.171 e. The molecule has 7 rings (SSSR count). The fourth-order valence-corrected chi connectivity index (χ4v) is 4.82. The highest BCUT2D eigenvalue weighted by molar-refractivity contribution is 6.09. The number of aromatic nitrogens is 6. The van der Waals surface area contributed by atoms with E-state index in [1.807, 2.05) is 34.9 Å². The zero-order chi connectivity index (χ0) is 23.9. The Bertz CT molecular complexity index is 1760. The van der Waals surface area contributed by atoms with E-state index in [9.17, 15) is 0 Å². The summed E-state index contributed by atoms with van der Waals surface area (Å²) in [5, 5.41) is 11.6. The van der Waals surface area contributed by atoms with E-state index in [4.69, 9.17) is 0 Å². The molecule has 3 aromatic carbocycles. The van der Waals surface area contributed by atoms with E-state index in [-0.39, 0.29) is 0 Å². The van der Waals surface area contributed by atoms with Gasteiger partial charge in [-0.1, -0.05) is 42.5 Å². The lowest BCUT2D eigenvalue weighted by Crippen LogP contribution is -2.02. The third kappa shape index (κ3) is 3.20. The van der Waals surface area contributed by atoms with Gasteiger partial charge >= 0.3 is 0 Å². The summed E-state index contributed by atoms with van der Waals surface area (Å²) >= 11 is 0. The molecule has 0 N–H and O–H groups in total. The van der Waals surface area contributed by atoms with Crippen LogP contribution in [-0.4, -0.2) is 29.3 Å². The minimum absolute atomic E-state index is 0.697. The van der Waals surface area contributed by atoms with Crippen molar-refractivity contribution in [2.75, 3.05) is 0 Å². The van der Waals surface area contributed by atoms with Crippen LogP contribution in [0.3, 0.4) is 0 Å². The van der Waals surface area contributed by atoms with Gasteiger partial charge in [0, 0.05) is 46.2 Å². The molecule has 0 unspecified atom stereocenters. The van der Waals surface area contributed by atoms with Crippen molar-refractivity contribution in [3.05, 3.63) is 122 Å². The van der Waals surface area contributed by atoms with E-state index in [1.165, 1.54) is 21.8 Å². The monoisotopic (exact) mass is 464 g/mol. The number of hydrogen-bond donors (Lipinski definition) is 0. The zero-order valence-electron chi connectivity index (χ0n) is 19.2. The Hall–Kier alpha value is -5.10. The molecule has 0 fully saturated rings. The van der Waals surface area contributed by atoms with Crippen LogP contribution in [-0.2, 0) is 0 Å². The molecule has 0 aliphatic carbocycles. The fraction of sp³-hybridized carbons (Fsp3) is 0. The van der Waals surface area contributed by atoms with Gasteiger partial charge in [0.25, 0.3) is 0 Å². The summed E-state index contributed by atoms with van der Waals surface area (Å²) in [6.07, 6.45) is 5.31. The molecule has 0 aliphatic rings. The van der Waals surface area contributed by atoms with E-state index in [1.54, 1.807) is 18.6 Å². The van der Waals surface area contributed by atoms with Gasteiger partial charge in [0.2, 0.25) is 0 Å². The topological polar surface area (TPSA) is 61.4 Å². The number of pyridine rings is 2. The quantitative estimate of drug-likeness (QED) is 0.299. The molecular weight excluding hydrogens is 444 g/mol. The first-order valence-corrected chi connectivity index (χ1v) is 11.7. The number of fused-ring (bicyclic) bond motifs is 3. The minimum Gasteiger partial charge on any atom is -0.309 e. The van der Waals surface area contributed by atoms with Crippen molar-refractivity contribution < 1.29 is 0 Å². The Morgan fingerprint density at radius 3 is 1.81 bits per heavy atom. The Morgan fingerprint density at radius 2 is 1.17 bits per heavy atom. The third-order valence-corrected chi connectivity index (χ3v) is 6.42. The maximum atomic E-state index is 4.58. The molecule has 0 amide bonds. The molecule has 0 bridgehead atoms. The van der Waals surface area contributed by atoms with Crippen molar-refractivity contribution >= 4 is 21.8 Å². The molecule has 6 heteroatoms. The van der Waals surface area contributed by atoms with Gasteiger partial charge in [0.05, 0.1) is 11.0 Å². The lowest BCUT2D eigenvalue weighted by atomic mass is 10.1. The first-order valence-electron chi connectivity index (χ1n) is 11.7. The number of hydrogen-bond acceptors (Lipinski definition) is 4. The molecule has 36 heavy (non-hydrogen) atoms. The minimum atomic E-state index is 0.697. The molecule has 6 nitrogen and oxygen atoms in total. The van der Waals surface area contributed by atoms with Crippen LogP contribution >= 0.6 is 0 Å². The van der Waals surface area contributed by atoms with Gasteiger partial charge in [-0.2, -0.15) is 0 Å². The average molecular weight is 465 g/mol. The summed E-state index contributed by atoms with van der Waals surface area (Å²) in [5.74, 6) is 2.17. The van der Waals surface area contributed by atoms with Crippen molar-refractivity contribution in [2.45, 2.75) is 0 Å². The van der Waals surface area contributed by atoms with Crippen LogP contribution in [0.5, 0.6) is 0 Å². The lowest BCUT2D eigenvalue weighted by Gasteiger charge is -2.11. The van der Waals surface area contributed by atoms with Crippen molar-refractivity contribution in [2.24, 2.45) is 0 Å². The molecule has 4 heterocycles. The fourth-order valence-electron chi connectivity index (χ4n) is 4.82. The number of benzene rings is 3. The van der Waals surface area contributed by atoms with Crippen LogP contribution < -0.4 is 0 Å². The number of para-hydroxylation sites is 2. The van der Waals surface area contributed by atoms with Crippen molar-refractivity contribution in [3.63, 3.8) is 0 Å². The van der Waals surface area contributed by atoms with E-state index in [0.717, 1.165) is 28.5 Å². The van der Waals surface area contributed by atoms with Crippen LogP contribution in [0.2, 0.25) is 0 Å². The Balaban J connectivity index is 1.39. The molecule has 7 aromatic rings. The average Bonchev–Trinajstić information content (AvgIpc) is 3.54. The molecule has 0 saturated heterocycles. The molecule has 170 valence electrons. The Kier molecular flexibility index (Phi) is 4.67. The Morgan fingerprint density at radius 1 is 0.500 bits per heavy atom. The van der Waals surface area contributed by atoms with Crippen LogP contribution in [0.25, 0.3) is 56.1 Å². The van der Waals surface area contributed by atoms with Crippen LogP contribution in [0, 0.1) is 0 Å². The van der Waals surface area contributed by atoms with E-state index >= 15 is 0 Å². The molecular formula is C30H20N6. The second-order valence-electron chi connectivity index (χ2n) is 8.53. The second-order valence-corrected chi connectivity index (χ2v) is 8.53. The maximum absolute atomic E-state index is 4.58. The molecule has 4 aromatic heterocycles. The highest BCUT2D eigenvalue weighted by Gasteiger charge is 2.18. The van der Waals surface area contributed by atoms with Crippen LogP contribution in [0.15, 0.2) is 122 Å². The van der Waals surface area contributed by atoms with Crippen molar-refractivity contribution in [1.29, 1.82) is 0 Å². The predicted octanol–water partition coefficient (Wildman–Crippen LogP) is 6.49. The summed E-state index contributed by atoms with van der Waals surface area (Å²) in [6.45, 7) is 0. The summed E-state index contributed by atoms with van der Waals surface area (Å²) in [4.78, 5) is 8.84. The molecule has 0 saturated carbocycles. The number of nitrogens with zero attached hydrogens (tertiary/aromatic N) is 6. The summed E-state index contributed by atoms with van der Waals surface area (Å²) in [5.41, 5.74) is 5.29. The summed E-state index contributed by atoms with van der Waals surface area (Å²) in [7, 11) is 0. The predicted molar refractivity (Wildman–Crippen MR) is 142 cm³/mol. The third-order valence-electron chi connectivity index (χ3n) is 6.42. The van der Waals surface area contributed by atoms with Gasteiger partial charge in [-0.05, 0) is 60.7 Å². The highest BCUT2D eigenvalue weighted by atomic mass is 15.3. The van der Waals surface area contributed by atoms with Gasteiger partial charge in [0.15, 0.2) is 11.6 Å². The summed E-state index contributed by atoms with van der Waals surface area (Å²) < 4.78 is 4.28. The molecule has 0 radical (unpaired) electrons. The maximum Gasteiger partial charge on any atom is 0.171 e. The van der Waals surface area contributed by atoms with E-state index < -0.39 is 0 Å². The van der Waals surface area contributed by atoms with E-state index in [2.05, 4.69) is 97.5 Å².